The third-order valence-corrected chi connectivity index (χ3v) is 8.60. The third kappa shape index (κ3) is 3.89. The monoisotopic (exact) mass is 505 g/mol. The molecule has 3 aliphatic rings. The maximum atomic E-state index is 14.7. The van der Waals surface area contributed by atoms with Gasteiger partial charge < -0.3 is 14.4 Å². The zero-order valence-electron chi connectivity index (χ0n) is 21.6. The summed E-state index contributed by atoms with van der Waals surface area (Å²) in [5, 5.41) is 12.3. The number of likely N-dealkylation sites (tertiary alicyclic amines) is 1. The normalized spacial score (nSPS) is 21.9. The lowest BCUT2D eigenvalue weighted by molar-refractivity contribution is -0.149. The minimum atomic E-state index is -1.49. The molecule has 7 nitrogen and oxygen atoms in total. The molecule has 1 fully saturated rings. The van der Waals surface area contributed by atoms with Crippen LogP contribution in [0.15, 0.2) is 23.0 Å². The molecule has 37 heavy (non-hydrogen) atoms. The Morgan fingerprint density at radius 2 is 1.95 bits per heavy atom. The van der Waals surface area contributed by atoms with Gasteiger partial charge in [0.25, 0.3) is 5.56 Å². The Bertz CT molecular complexity index is 1510. The van der Waals surface area contributed by atoms with Crippen LogP contribution in [0.4, 0.5) is 4.39 Å². The van der Waals surface area contributed by atoms with Crippen LogP contribution in [-0.4, -0.2) is 38.6 Å². The number of carbonyl (C=O) groups excluding carboxylic acids is 1. The number of carbonyl (C=O) groups is 1. The number of nitrogens with zero attached hydrogens (tertiary/aromatic N) is 3. The number of cyclic esters (lactones) is 1. The van der Waals surface area contributed by atoms with Crippen molar-refractivity contribution in [2.45, 2.75) is 71.8 Å². The topological polar surface area (TPSA) is 84.7 Å². The lowest BCUT2D eigenvalue weighted by atomic mass is 9.85. The van der Waals surface area contributed by atoms with Gasteiger partial charge in [-0.3, -0.25) is 14.5 Å². The molecule has 0 amide bonds. The van der Waals surface area contributed by atoms with Gasteiger partial charge in [0.2, 0.25) is 0 Å². The van der Waals surface area contributed by atoms with Crippen molar-refractivity contribution in [3.05, 3.63) is 62.2 Å². The van der Waals surface area contributed by atoms with E-state index >= 15 is 0 Å². The molecule has 1 atom stereocenters. The highest BCUT2D eigenvalue weighted by molar-refractivity contribution is 5.88. The average Bonchev–Trinajstić information content (AvgIpc) is 3.17. The predicted octanol–water partition coefficient (Wildman–Crippen LogP) is 4.15. The first kappa shape index (κ1) is 24.2. The van der Waals surface area contributed by atoms with Crippen molar-refractivity contribution in [2.24, 2.45) is 5.92 Å². The molecule has 1 aromatic carbocycles. The number of hydrogen-bond donors (Lipinski definition) is 1. The van der Waals surface area contributed by atoms with Gasteiger partial charge in [0, 0.05) is 23.6 Å². The van der Waals surface area contributed by atoms with Gasteiger partial charge in [0.05, 0.1) is 35.4 Å². The molecule has 0 aliphatic carbocycles. The molecule has 1 N–H and O–H groups in total. The summed E-state index contributed by atoms with van der Waals surface area (Å²) < 4.78 is 21.6. The Hall–Kier alpha value is -3.10. The van der Waals surface area contributed by atoms with Crippen LogP contribution in [0.5, 0.6) is 0 Å². The molecular formula is C29H32FN3O4. The molecule has 0 radical (unpaired) electrons. The molecule has 1 saturated heterocycles. The second-order valence-electron chi connectivity index (χ2n) is 11.0. The zero-order chi connectivity index (χ0) is 26.1. The second-order valence-corrected chi connectivity index (χ2v) is 11.0. The van der Waals surface area contributed by atoms with Gasteiger partial charge in [-0.05, 0) is 74.0 Å². The van der Waals surface area contributed by atoms with E-state index in [2.05, 4.69) is 11.8 Å². The van der Waals surface area contributed by atoms with Gasteiger partial charge in [0.1, 0.15) is 18.0 Å². The number of ether oxygens (including phenoxy) is 1. The lowest BCUT2D eigenvalue weighted by Crippen LogP contribution is -2.33. The highest BCUT2D eigenvalue weighted by Crippen LogP contribution is 2.41. The quantitative estimate of drug-likeness (QED) is 0.421. The summed E-state index contributed by atoms with van der Waals surface area (Å²) in [5.41, 5.74) is 3.36. The van der Waals surface area contributed by atoms with Crippen LogP contribution in [-0.2, 0) is 34.8 Å². The van der Waals surface area contributed by atoms with Gasteiger partial charge in [0.15, 0.2) is 0 Å². The molecular weight excluding hydrogens is 473 g/mol. The van der Waals surface area contributed by atoms with Crippen LogP contribution in [0.25, 0.3) is 22.3 Å². The van der Waals surface area contributed by atoms with E-state index in [1.165, 1.54) is 6.07 Å². The Morgan fingerprint density at radius 3 is 2.68 bits per heavy atom. The second kappa shape index (κ2) is 8.74. The summed E-state index contributed by atoms with van der Waals surface area (Å²) in [6, 6.07) is 5.14. The van der Waals surface area contributed by atoms with Crippen molar-refractivity contribution >= 4 is 16.9 Å². The first-order chi connectivity index (χ1) is 17.7. The molecule has 6 rings (SSSR count). The minimum absolute atomic E-state index is 0.162. The van der Waals surface area contributed by atoms with E-state index in [4.69, 9.17) is 9.72 Å². The van der Waals surface area contributed by atoms with Gasteiger partial charge in [-0.25, -0.2) is 9.37 Å². The number of aliphatic hydroxyl groups is 1. The number of pyridine rings is 2. The van der Waals surface area contributed by atoms with Crippen molar-refractivity contribution in [2.75, 3.05) is 13.1 Å². The fourth-order valence-corrected chi connectivity index (χ4v) is 6.11. The Balaban J connectivity index is 1.56. The summed E-state index contributed by atoms with van der Waals surface area (Å²) >= 11 is 0. The number of fused-ring (bicyclic) bond motifs is 5. The van der Waals surface area contributed by atoms with E-state index in [1.807, 2.05) is 6.07 Å². The summed E-state index contributed by atoms with van der Waals surface area (Å²) in [7, 11) is 0. The fraction of sp³-hybridized carbons (Fsp3) is 0.483. The number of aryl methyl sites for hydroxylation is 1. The molecule has 0 bridgehead atoms. The van der Waals surface area contributed by atoms with Crippen LogP contribution in [0.2, 0.25) is 0 Å². The average molecular weight is 506 g/mol. The maximum Gasteiger partial charge on any atom is 0.309 e. The largest absolute Gasteiger partial charge is 0.460 e. The summed E-state index contributed by atoms with van der Waals surface area (Å²) in [4.78, 5) is 33.2. The summed E-state index contributed by atoms with van der Waals surface area (Å²) in [6.07, 6.45) is 2.33. The zero-order valence-corrected chi connectivity index (χ0v) is 21.6. The fourth-order valence-electron chi connectivity index (χ4n) is 6.11. The van der Waals surface area contributed by atoms with Crippen molar-refractivity contribution in [3.63, 3.8) is 0 Å². The van der Waals surface area contributed by atoms with Crippen LogP contribution < -0.4 is 5.56 Å². The minimum Gasteiger partial charge on any atom is -0.460 e. The Labute approximate surface area is 214 Å². The Kier molecular flexibility index (Phi) is 5.73. The molecule has 2 aromatic heterocycles. The molecule has 1 unspecified atom stereocenters. The molecule has 0 saturated carbocycles. The standard InChI is InChI=1S/C29H32FN3O4/c1-4-29(36)12-26(34)37-15-21-22(29)10-25-27-20(14-33(25)28(21)35)19(13-32-7-5-16(2)6-8-32)18-9-17(3)23(30)11-24(18)31-27/h9-11,16,36H,4-8,12-15H2,1-3H3. The van der Waals surface area contributed by atoms with Crippen LogP contribution in [0.3, 0.4) is 0 Å². The highest BCUT2D eigenvalue weighted by atomic mass is 19.1. The number of aromatic nitrogens is 2. The van der Waals surface area contributed by atoms with Crippen molar-refractivity contribution < 1.29 is 19.0 Å². The third-order valence-electron chi connectivity index (χ3n) is 8.60. The lowest BCUT2D eigenvalue weighted by Gasteiger charge is -2.31. The van der Waals surface area contributed by atoms with Crippen LogP contribution >= 0.6 is 0 Å². The molecule has 3 aromatic rings. The number of hydrogen-bond acceptors (Lipinski definition) is 6. The van der Waals surface area contributed by atoms with Crippen LogP contribution in [0.1, 0.15) is 67.3 Å². The number of esters is 1. The van der Waals surface area contributed by atoms with Crippen LogP contribution in [0, 0.1) is 18.7 Å². The number of halogens is 1. The number of benzene rings is 1. The van der Waals surface area contributed by atoms with Crippen molar-refractivity contribution in [1.29, 1.82) is 0 Å². The first-order valence-corrected chi connectivity index (χ1v) is 13.2. The van der Waals surface area contributed by atoms with E-state index in [9.17, 15) is 19.1 Å². The van der Waals surface area contributed by atoms with E-state index < -0.39 is 11.6 Å². The smallest absolute Gasteiger partial charge is 0.309 e. The first-order valence-electron chi connectivity index (χ1n) is 13.2. The Morgan fingerprint density at radius 1 is 1.19 bits per heavy atom. The van der Waals surface area contributed by atoms with Gasteiger partial charge in [-0.1, -0.05) is 13.8 Å². The number of piperidine rings is 1. The summed E-state index contributed by atoms with van der Waals surface area (Å²) in [5.74, 6) is -0.137. The predicted molar refractivity (Wildman–Crippen MR) is 138 cm³/mol. The molecule has 8 heteroatoms. The van der Waals surface area contributed by atoms with E-state index in [0.29, 0.717) is 52.6 Å². The van der Waals surface area contributed by atoms with Crippen molar-refractivity contribution in [1.82, 2.24) is 14.5 Å². The SMILES string of the molecule is CCC1(O)CC(=O)OCc2c1cc1n(c2=O)Cc2c-1nc1cc(F)c(C)cc1c2CN1CCC(C)CC1. The molecule has 3 aliphatic heterocycles. The van der Waals surface area contributed by atoms with E-state index in [1.54, 1.807) is 24.5 Å². The van der Waals surface area contributed by atoms with Gasteiger partial charge in [-0.15, -0.1) is 0 Å². The number of rotatable bonds is 3. The molecule has 194 valence electrons. The molecule has 5 heterocycles. The summed E-state index contributed by atoms with van der Waals surface area (Å²) in [6.45, 7) is 8.71. The maximum absolute atomic E-state index is 14.7. The van der Waals surface area contributed by atoms with Crippen molar-refractivity contribution in [3.8, 4) is 11.4 Å². The molecule has 0 spiro atoms. The van der Waals surface area contributed by atoms with Gasteiger partial charge >= 0.3 is 5.97 Å². The highest BCUT2D eigenvalue weighted by Gasteiger charge is 2.40. The van der Waals surface area contributed by atoms with E-state index in [0.717, 1.165) is 42.4 Å². The van der Waals surface area contributed by atoms with E-state index in [-0.39, 0.29) is 30.8 Å². The van der Waals surface area contributed by atoms with Gasteiger partial charge in [-0.2, -0.15) is 0 Å².